The third kappa shape index (κ3) is 4.52. The number of carbonyl (C=O) groups is 1. The van der Waals surface area contributed by atoms with Gasteiger partial charge >= 0.3 is 12.4 Å². The summed E-state index contributed by atoms with van der Waals surface area (Å²) in [6.45, 7) is 3.61. The summed E-state index contributed by atoms with van der Waals surface area (Å²) < 4.78 is 82.7. The highest BCUT2D eigenvalue weighted by atomic mass is 19.4. The standard InChI is InChI=1S/C19H14F6N2O2/c1-9-3-10(2)17-14(27-29-15(17)4-9)8-16(28)26-13-6-11(18(20,21)22)5-12(7-13)19(23,24)25/h3-7H,8H2,1-2H3,(H,26,28). The van der Waals surface area contributed by atoms with Crippen LogP contribution in [0.1, 0.15) is 27.9 Å². The highest BCUT2D eigenvalue weighted by molar-refractivity contribution is 5.95. The molecule has 0 saturated heterocycles. The molecule has 0 atom stereocenters. The predicted molar refractivity (Wildman–Crippen MR) is 92.3 cm³/mol. The summed E-state index contributed by atoms with van der Waals surface area (Å²) in [5.41, 5.74) is -1.28. The van der Waals surface area contributed by atoms with Crippen LogP contribution >= 0.6 is 0 Å². The zero-order valence-corrected chi connectivity index (χ0v) is 15.1. The van der Waals surface area contributed by atoms with Crippen LogP contribution in [-0.2, 0) is 23.6 Å². The van der Waals surface area contributed by atoms with Crippen molar-refractivity contribution in [3.63, 3.8) is 0 Å². The van der Waals surface area contributed by atoms with Gasteiger partial charge in [0.25, 0.3) is 0 Å². The molecule has 0 spiro atoms. The number of benzene rings is 2. The number of hydrogen-bond donors (Lipinski definition) is 1. The SMILES string of the molecule is Cc1cc(C)c2c(CC(=O)Nc3cc(C(F)(F)F)cc(C(F)(F)F)c3)noc2c1. The van der Waals surface area contributed by atoms with E-state index < -0.39 is 35.1 Å². The lowest BCUT2D eigenvalue weighted by Crippen LogP contribution is -2.17. The summed E-state index contributed by atoms with van der Waals surface area (Å²) in [6.07, 6.45) is -10.4. The van der Waals surface area contributed by atoms with Gasteiger partial charge in [0.05, 0.1) is 17.5 Å². The molecular formula is C19H14F6N2O2. The van der Waals surface area contributed by atoms with Crippen LogP contribution < -0.4 is 5.32 Å². The summed E-state index contributed by atoms with van der Waals surface area (Å²) in [6, 6.07) is 4.43. The fraction of sp³-hybridized carbons (Fsp3) is 0.263. The maximum Gasteiger partial charge on any atom is 0.416 e. The number of aryl methyl sites for hydroxylation is 2. The lowest BCUT2D eigenvalue weighted by molar-refractivity contribution is -0.143. The number of nitrogens with zero attached hydrogens (tertiary/aromatic N) is 1. The number of amides is 1. The zero-order valence-electron chi connectivity index (χ0n) is 15.1. The molecule has 2 aromatic carbocycles. The van der Waals surface area contributed by atoms with Crippen molar-refractivity contribution in [1.82, 2.24) is 5.16 Å². The molecule has 10 heteroatoms. The fourth-order valence-corrected chi connectivity index (χ4v) is 3.03. The third-order valence-corrected chi connectivity index (χ3v) is 4.19. The van der Waals surface area contributed by atoms with Gasteiger partial charge in [-0.15, -0.1) is 0 Å². The van der Waals surface area contributed by atoms with Gasteiger partial charge < -0.3 is 9.84 Å². The predicted octanol–water partition coefficient (Wildman–Crippen LogP) is 5.66. The average Bonchev–Trinajstić information content (AvgIpc) is 2.95. The van der Waals surface area contributed by atoms with Crippen LogP contribution in [0.15, 0.2) is 34.9 Å². The molecule has 0 bridgehead atoms. The van der Waals surface area contributed by atoms with Crippen LogP contribution in [0.3, 0.4) is 0 Å². The monoisotopic (exact) mass is 416 g/mol. The number of aromatic nitrogens is 1. The molecule has 3 rings (SSSR count). The fourth-order valence-electron chi connectivity index (χ4n) is 3.03. The molecule has 0 aliphatic carbocycles. The van der Waals surface area contributed by atoms with Crippen LogP contribution in [0.5, 0.6) is 0 Å². The Bertz CT molecular complexity index is 1050. The second-order valence-corrected chi connectivity index (χ2v) is 6.60. The Balaban J connectivity index is 1.89. The summed E-state index contributed by atoms with van der Waals surface area (Å²) in [7, 11) is 0. The number of rotatable bonds is 3. The Kier molecular flexibility index (Phi) is 5.06. The first kappa shape index (κ1) is 20.7. The average molecular weight is 416 g/mol. The number of fused-ring (bicyclic) bond motifs is 1. The Labute approximate surface area is 160 Å². The second kappa shape index (κ2) is 7.09. The summed E-state index contributed by atoms with van der Waals surface area (Å²) >= 11 is 0. The lowest BCUT2D eigenvalue weighted by atomic mass is 10.0. The Hall–Kier alpha value is -3.04. The van der Waals surface area contributed by atoms with Crippen molar-refractivity contribution in [2.24, 2.45) is 0 Å². The van der Waals surface area contributed by atoms with Gasteiger partial charge in [0.2, 0.25) is 5.91 Å². The Morgan fingerprint density at radius 1 is 0.966 bits per heavy atom. The van der Waals surface area contributed by atoms with Crippen LogP contribution in [0, 0.1) is 13.8 Å². The molecule has 0 saturated carbocycles. The molecule has 1 heterocycles. The van der Waals surface area contributed by atoms with Crippen molar-refractivity contribution in [3.8, 4) is 0 Å². The van der Waals surface area contributed by atoms with Crippen molar-refractivity contribution in [2.45, 2.75) is 32.6 Å². The molecule has 154 valence electrons. The van der Waals surface area contributed by atoms with Crippen molar-refractivity contribution in [2.75, 3.05) is 5.32 Å². The zero-order chi connectivity index (χ0) is 21.6. The van der Waals surface area contributed by atoms with E-state index in [1.807, 2.05) is 13.0 Å². The lowest BCUT2D eigenvalue weighted by Gasteiger charge is -2.14. The highest BCUT2D eigenvalue weighted by Gasteiger charge is 2.37. The number of nitrogens with one attached hydrogen (secondary N) is 1. The quantitative estimate of drug-likeness (QED) is 0.561. The van der Waals surface area contributed by atoms with Crippen molar-refractivity contribution in [1.29, 1.82) is 0 Å². The first-order valence-electron chi connectivity index (χ1n) is 8.29. The summed E-state index contributed by atoms with van der Waals surface area (Å²) in [4.78, 5) is 12.3. The molecule has 0 aliphatic heterocycles. The van der Waals surface area contributed by atoms with Crippen molar-refractivity contribution in [3.05, 3.63) is 58.3 Å². The molecule has 4 nitrogen and oxygen atoms in total. The van der Waals surface area contributed by atoms with E-state index in [1.165, 1.54) is 0 Å². The van der Waals surface area contributed by atoms with Gasteiger partial charge in [-0.1, -0.05) is 11.2 Å². The number of halogens is 6. The molecule has 0 fully saturated rings. The minimum Gasteiger partial charge on any atom is -0.356 e. The minimum atomic E-state index is -5.00. The number of carbonyl (C=O) groups excluding carboxylic acids is 1. The van der Waals surface area contributed by atoms with Gasteiger partial charge in [-0.25, -0.2) is 0 Å². The number of alkyl halides is 6. The molecule has 0 radical (unpaired) electrons. The van der Waals surface area contributed by atoms with E-state index in [9.17, 15) is 31.1 Å². The molecule has 0 aliphatic rings. The van der Waals surface area contributed by atoms with E-state index >= 15 is 0 Å². The maximum atomic E-state index is 12.9. The van der Waals surface area contributed by atoms with E-state index in [0.717, 1.165) is 11.1 Å². The van der Waals surface area contributed by atoms with Gasteiger partial charge in [0.15, 0.2) is 5.58 Å². The molecule has 1 N–H and O–H groups in total. The van der Waals surface area contributed by atoms with Crippen LogP contribution in [-0.4, -0.2) is 11.1 Å². The maximum absolute atomic E-state index is 12.9. The van der Waals surface area contributed by atoms with E-state index in [1.54, 1.807) is 13.0 Å². The molecule has 0 unspecified atom stereocenters. The van der Waals surface area contributed by atoms with Gasteiger partial charge in [0, 0.05) is 11.1 Å². The number of anilines is 1. The molecule has 3 aromatic rings. The summed E-state index contributed by atoms with van der Waals surface area (Å²) in [5, 5.41) is 6.45. The van der Waals surface area contributed by atoms with E-state index in [-0.39, 0.29) is 18.2 Å². The molecule has 1 amide bonds. The first-order chi connectivity index (χ1) is 13.3. The largest absolute Gasteiger partial charge is 0.416 e. The molecule has 1 aromatic heterocycles. The normalized spacial score (nSPS) is 12.4. The smallest absolute Gasteiger partial charge is 0.356 e. The van der Waals surface area contributed by atoms with E-state index in [0.29, 0.717) is 23.1 Å². The van der Waals surface area contributed by atoms with Gasteiger partial charge in [-0.2, -0.15) is 26.3 Å². The second-order valence-electron chi connectivity index (χ2n) is 6.60. The van der Waals surface area contributed by atoms with Crippen molar-refractivity contribution >= 4 is 22.6 Å². The third-order valence-electron chi connectivity index (χ3n) is 4.19. The Morgan fingerprint density at radius 2 is 1.55 bits per heavy atom. The first-order valence-corrected chi connectivity index (χ1v) is 8.29. The van der Waals surface area contributed by atoms with Crippen LogP contribution in [0.25, 0.3) is 11.0 Å². The van der Waals surface area contributed by atoms with E-state index in [2.05, 4.69) is 10.5 Å². The van der Waals surface area contributed by atoms with Crippen LogP contribution in [0.2, 0.25) is 0 Å². The number of hydrogen-bond acceptors (Lipinski definition) is 3. The van der Waals surface area contributed by atoms with Gasteiger partial charge in [-0.3, -0.25) is 4.79 Å². The van der Waals surface area contributed by atoms with Gasteiger partial charge in [0.1, 0.15) is 5.69 Å². The molecular weight excluding hydrogens is 402 g/mol. The topological polar surface area (TPSA) is 55.1 Å². The van der Waals surface area contributed by atoms with Crippen molar-refractivity contribution < 1.29 is 35.7 Å². The van der Waals surface area contributed by atoms with Gasteiger partial charge in [-0.05, 0) is 49.2 Å². The minimum absolute atomic E-state index is 0.00745. The summed E-state index contributed by atoms with van der Waals surface area (Å²) in [5.74, 6) is -0.826. The highest BCUT2D eigenvalue weighted by Crippen LogP contribution is 2.37. The molecule has 29 heavy (non-hydrogen) atoms. The van der Waals surface area contributed by atoms with E-state index in [4.69, 9.17) is 4.52 Å². The van der Waals surface area contributed by atoms with Crippen LogP contribution in [0.4, 0.5) is 32.0 Å². The Morgan fingerprint density at radius 3 is 2.10 bits per heavy atom.